The minimum absolute atomic E-state index is 0.752. The van der Waals surface area contributed by atoms with Gasteiger partial charge < -0.3 is 0 Å². The lowest BCUT2D eigenvalue weighted by Gasteiger charge is -2.12. The van der Waals surface area contributed by atoms with Gasteiger partial charge in [0.2, 0.25) is 5.16 Å². The first-order valence-corrected chi connectivity index (χ1v) is 10.6. The highest BCUT2D eigenvalue weighted by molar-refractivity contribution is 7.99. The number of hydrogen-bond donors (Lipinski definition) is 0. The summed E-state index contributed by atoms with van der Waals surface area (Å²) in [6.07, 6.45) is 5.17. The third kappa shape index (κ3) is 3.30. The van der Waals surface area contributed by atoms with Crippen molar-refractivity contribution in [2.75, 3.05) is 0 Å². The maximum absolute atomic E-state index is 4.52. The van der Waals surface area contributed by atoms with Crippen molar-refractivity contribution >= 4 is 33.3 Å². The number of pyridine rings is 1. The van der Waals surface area contributed by atoms with Crippen molar-refractivity contribution in [1.29, 1.82) is 0 Å². The summed E-state index contributed by atoms with van der Waals surface area (Å²) in [5.74, 6) is 0.752. The van der Waals surface area contributed by atoms with Gasteiger partial charge in [-0.3, -0.25) is 9.55 Å². The first kappa shape index (κ1) is 18.0. The average Bonchev–Trinajstić information content (AvgIpc) is 3.32. The Morgan fingerprint density at radius 3 is 2.72 bits per heavy atom. The van der Waals surface area contributed by atoms with E-state index in [4.69, 9.17) is 0 Å². The fourth-order valence-electron chi connectivity index (χ4n) is 3.17. The van der Waals surface area contributed by atoms with E-state index in [0.29, 0.717) is 0 Å². The fourth-order valence-corrected chi connectivity index (χ4v) is 4.98. The fraction of sp³-hybridized carbons (Fsp3) is 0.0952. The summed E-state index contributed by atoms with van der Waals surface area (Å²) in [4.78, 5) is 15.4. The summed E-state index contributed by atoms with van der Waals surface area (Å²) in [6, 6.07) is 14.2. The van der Waals surface area contributed by atoms with Crippen molar-refractivity contribution in [3.8, 4) is 17.1 Å². The molecule has 0 aliphatic heterocycles. The van der Waals surface area contributed by atoms with Crippen LogP contribution in [0.3, 0.4) is 0 Å². The van der Waals surface area contributed by atoms with Crippen LogP contribution in [0.15, 0.2) is 71.4 Å². The van der Waals surface area contributed by atoms with Gasteiger partial charge >= 0.3 is 0 Å². The number of fused-ring (bicyclic) bond motifs is 1. The quantitative estimate of drug-likeness (QED) is 0.380. The lowest BCUT2D eigenvalue weighted by atomic mass is 10.2. The highest BCUT2D eigenvalue weighted by atomic mass is 32.2. The largest absolute Gasteiger partial charge is 0.269 e. The van der Waals surface area contributed by atoms with Crippen molar-refractivity contribution in [3.63, 3.8) is 0 Å². The summed E-state index contributed by atoms with van der Waals surface area (Å²) in [5, 5.41) is 11.7. The monoisotopic (exact) mass is 416 g/mol. The van der Waals surface area contributed by atoms with E-state index in [1.54, 1.807) is 30.1 Å². The summed E-state index contributed by atoms with van der Waals surface area (Å²) >= 11 is 3.17. The van der Waals surface area contributed by atoms with Crippen LogP contribution in [-0.2, 0) is 0 Å². The number of rotatable bonds is 4. The Kier molecular flexibility index (Phi) is 4.57. The summed E-state index contributed by atoms with van der Waals surface area (Å²) in [5.41, 5.74) is 3.08. The van der Waals surface area contributed by atoms with Crippen LogP contribution in [0.1, 0.15) is 10.4 Å². The van der Waals surface area contributed by atoms with E-state index in [1.807, 2.05) is 24.3 Å². The van der Waals surface area contributed by atoms with Gasteiger partial charge in [-0.1, -0.05) is 18.2 Å². The van der Waals surface area contributed by atoms with E-state index in [9.17, 15) is 0 Å². The van der Waals surface area contributed by atoms with Crippen molar-refractivity contribution in [2.24, 2.45) is 0 Å². The molecule has 5 rings (SSSR count). The second-order valence-corrected chi connectivity index (χ2v) is 8.72. The van der Waals surface area contributed by atoms with E-state index in [-0.39, 0.29) is 0 Å². The molecule has 8 heteroatoms. The van der Waals surface area contributed by atoms with Gasteiger partial charge in [-0.2, -0.15) is 0 Å². The van der Waals surface area contributed by atoms with Crippen LogP contribution in [-0.4, -0.2) is 29.7 Å². The molecule has 0 N–H and O–H groups in total. The highest BCUT2D eigenvalue weighted by Gasteiger charge is 2.20. The molecule has 0 saturated heterocycles. The van der Waals surface area contributed by atoms with Gasteiger partial charge in [-0.15, -0.1) is 21.5 Å². The minimum atomic E-state index is 0.752. The highest BCUT2D eigenvalue weighted by Crippen LogP contribution is 2.36. The van der Waals surface area contributed by atoms with Gasteiger partial charge in [0, 0.05) is 28.2 Å². The zero-order chi connectivity index (χ0) is 19.8. The van der Waals surface area contributed by atoms with Crippen LogP contribution in [0, 0.1) is 13.8 Å². The molecule has 5 aromatic rings. The molecule has 0 amide bonds. The minimum Gasteiger partial charge on any atom is -0.269 e. The standard InChI is InChI=1S/C21H16N6S2/c1-13-6-3-4-8-17(13)27-18(15-7-5-9-22-11-15)25-26-21(27)29-20-16-10-14(2)28-19(16)23-12-24-20/h3-12H,1-2H3. The Labute approximate surface area is 175 Å². The SMILES string of the molecule is Cc1cc2c(Sc3nnc(-c4cccnc4)n3-c3ccccc3C)ncnc2s1. The van der Waals surface area contributed by atoms with Crippen LogP contribution < -0.4 is 0 Å². The molecule has 0 radical (unpaired) electrons. The van der Waals surface area contributed by atoms with Crippen LogP contribution in [0.2, 0.25) is 0 Å². The zero-order valence-corrected chi connectivity index (χ0v) is 17.4. The van der Waals surface area contributed by atoms with Crippen molar-refractivity contribution in [3.05, 3.63) is 71.6 Å². The number of para-hydroxylation sites is 1. The Hall–Kier alpha value is -3.10. The van der Waals surface area contributed by atoms with Gasteiger partial charge in [0.15, 0.2) is 5.82 Å². The van der Waals surface area contributed by atoms with Crippen molar-refractivity contribution in [2.45, 2.75) is 24.0 Å². The molecular formula is C21H16N6S2. The Morgan fingerprint density at radius 2 is 1.90 bits per heavy atom. The summed E-state index contributed by atoms with van der Waals surface area (Å²) < 4.78 is 2.07. The molecule has 1 aromatic carbocycles. The third-order valence-corrected chi connectivity index (χ3v) is 6.44. The van der Waals surface area contributed by atoms with Crippen LogP contribution in [0.5, 0.6) is 0 Å². The van der Waals surface area contributed by atoms with Crippen LogP contribution >= 0.6 is 23.1 Å². The number of nitrogens with zero attached hydrogens (tertiary/aromatic N) is 6. The Balaban J connectivity index is 1.69. The van der Waals surface area contributed by atoms with Crippen molar-refractivity contribution < 1.29 is 0 Å². The van der Waals surface area contributed by atoms with Crippen LogP contribution in [0.25, 0.3) is 27.3 Å². The molecule has 0 bridgehead atoms. The normalized spacial score (nSPS) is 11.2. The first-order valence-electron chi connectivity index (χ1n) is 9.01. The van der Waals surface area contributed by atoms with Gasteiger partial charge in [-0.05, 0) is 55.4 Å². The smallest absolute Gasteiger partial charge is 0.202 e. The van der Waals surface area contributed by atoms with E-state index in [0.717, 1.165) is 43.0 Å². The number of benzene rings is 1. The lowest BCUT2D eigenvalue weighted by molar-refractivity contribution is 0.878. The Bertz CT molecular complexity index is 1310. The molecule has 0 unspecified atom stereocenters. The maximum atomic E-state index is 4.52. The van der Waals surface area contributed by atoms with Crippen molar-refractivity contribution in [1.82, 2.24) is 29.7 Å². The maximum Gasteiger partial charge on any atom is 0.202 e. The molecule has 4 heterocycles. The Morgan fingerprint density at radius 1 is 1.00 bits per heavy atom. The summed E-state index contributed by atoms with van der Waals surface area (Å²) in [7, 11) is 0. The first-order chi connectivity index (χ1) is 14.2. The molecule has 6 nitrogen and oxygen atoms in total. The second kappa shape index (κ2) is 7.38. The molecule has 0 saturated carbocycles. The molecule has 142 valence electrons. The van der Waals surface area contributed by atoms with E-state index >= 15 is 0 Å². The molecule has 0 fully saturated rings. The van der Waals surface area contributed by atoms with E-state index in [1.165, 1.54) is 16.6 Å². The second-order valence-electron chi connectivity index (χ2n) is 6.53. The predicted molar refractivity (Wildman–Crippen MR) is 116 cm³/mol. The predicted octanol–water partition coefficient (Wildman–Crippen LogP) is 5.10. The number of hydrogen-bond acceptors (Lipinski definition) is 7. The number of aromatic nitrogens is 6. The molecule has 0 spiro atoms. The number of aryl methyl sites for hydroxylation is 2. The third-order valence-electron chi connectivity index (χ3n) is 4.51. The molecule has 0 aliphatic carbocycles. The topological polar surface area (TPSA) is 69.4 Å². The van der Waals surface area contributed by atoms with Gasteiger partial charge in [0.05, 0.1) is 5.69 Å². The average molecular weight is 417 g/mol. The van der Waals surface area contributed by atoms with Gasteiger partial charge in [0.25, 0.3) is 0 Å². The molecule has 0 atom stereocenters. The zero-order valence-electron chi connectivity index (χ0n) is 15.8. The van der Waals surface area contributed by atoms with E-state index in [2.05, 4.69) is 61.8 Å². The van der Waals surface area contributed by atoms with E-state index < -0.39 is 0 Å². The van der Waals surface area contributed by atoms with Crippen LogP contribution in [0.4, 0.5) is 0 Å². The molecule has 29 heavy (non-hydrogen) atoms. The molecule has 0 aliphatic rings. The summed E-state index contributed by atoms with van der Waals surface area (Å²) in [6.45, 7) is 4.17. The number of thiophene rings is 1. The van der Waals surface area contributed by atoms with Gasteiger partial charge in [-0.25, -0.2) is 9.97 Å². The lowest BCUT2D eigenvalue weighted by Crippen LogP contribution is -2.02. The molecular weight excluding hydrogens is 400 g/mol. The molecule has 4 aromatic heterocycles. The van der Waals surface area contributed by atoms with Gasteiger partial charge in [0.1, 0.15) is 16.2 Å².